The summed E-state index contributed by atoms with van der Waals surface area (Å²) in [7, 11) is 0. The first-order valence-electron chi connectivity index (χ1n) is 7.79. The van der Waals surface area contributed by atoms with Gasteiger partial charge in [-0.15, -0.1) is 0 Å². The van der Waals surface area contributed by atoms with Crippen molar-refractivity contribution >= 4 is 0 Å². The van der Waals surface area contributed by atoms with Crippen LogP contribution in [-0.4, -0.2) is 33.2 Å². The number of aromatic hydroxyl groups is 1. The van der Waals surface area contributed by atoms with E-state index in [1.165, 1.54) is 0 Å². The van der Waals surface area contributed by atoms with E-state index < -0.39 is 6.10 Å². The fourth-order valence-corrected chi connectivity index (χ4v) is 2.58. The van der Waals surface area contributed by atoms with Gasteiger partial charge in [-0.05, 0) is 38.1 Å². The van der Waals surface area contributed by atoms with Gasteiger partial charge >= 0.3 is 0 Å². The second kappa shape index (κ2) is 7.44. The molecule has 1 aromatic heterocycles. The number of phenolic OH excluding ortho intramolecular Hbond substituents is 1. The van der Waals surface area contributed by atoms with Crippen LogP contribution >= 0.6 is 0 Å². The zero-order valence-electron chi connectivity index (χ0n) is 13.8. The van der Waals surface area contributed by atoms with Gasteiger partial charge in [-0.3, -0.25) is 9.69 Å². The third kappa shape index (κ3) is 4.21. The largest absolute Gasteiger partial charge is 0.508 e. The summed E-state index contributed by atoms with van der Waals surface area (Å²) in [6.45, 7) is 7.35. The first-order valence-corrected chi connectivity index (χ1v) is 7.79. The van der Waals surface area contributed by atoms with Crippen LogP contribution in [0, 0.1) is 13.8 Å². The molecule has 0 saturated carbocycles. The minimum absolute atomic E-state index is 0.0586. The third-order valence-corrected chi connectivity index (χ3v) is 4.13. The van der Waals surface area contributed by atoms with Crippen molar-refractivity contribution < 1.29 is 10.2 Å². The minimum atomic E-state index is -0.695. The zero-order valence-corrected chi connectivity index (χ0v) is 13.8. The summed E-state index contributed by atoms with van der Waals surface area (Å²) in [5, 5.41) is 19.9. The standard InChI is InChI=1S/C18H24N2O3/c1-4-20(10-16-13(3)18(23)12(2)9-19-16)11-17(22)14-6-5-7-15(21)8-14/h5-9,17,21-22H,4,10-11H2,1-3H3,(H,19,23)/t17-/m0/s1. The molecule has 2 aromatic rings. The summed E-state index contributed by atoms with van der Waals surface area (Å²) >= 11 is 0. The van der Waals surface area contributed by atoms with Gasteiger partial charge in [0.25, 0.3) is 0 Å². The Balaban J connectivity index is 2.12. The zero-order chi connectivity index (χ0) is 17.0. The van der Waals surface area contributed by atoms with Crippen LogP contribution in [-0.2, 0) is 6.54 Å². The molecule has 0 radical (unpaired) electrons. The maximum Gasteiger partial charge on any atom is 0.187 e. The summed E-state index contributed by atoms with van der Waals surface area (Å²) < 4.78 is 0. The Morgan fingerprint density at radius 3 is 2.70 bits per heavy atom. The Morgan fingerprint density at radius 1 is 1.30 bits per heavy atom. The van der Waals surface area contributed by atoms with Crippen LogP contribution in [0.1, 0.15) is 35.4 Å². The van der Waals surface area contributed by atoms with E-state index in [-0.39, 0.29) is 11.2 Å². The predicted molar refractivity (Wildman–Crippen MR) is 90.6 cm³/mol. The molecular formula is C18H24N2O3. The van der Waals surface area contributed by atoms with Crippen LogP contribution in [0.3, 0.4) is 0 Å². The lowest BCUT2D eigenvalue weighted by molar-refractivity contribution is 0.111. The molecule has 2 rings (SSSR count). The average Bonchev–Trinajstić information content (AvgIpc) is 2.54. The Kier molecular flexibility index (Phi) is 5.58. The fraction of sp³-hybridized carbons (Fsp3) is 0.389. The quantitative estimate of drug-likeness (QED) is 0.764. The van der Waals surface area contributed by atoms with Gasteiger partial charge in [-0.25, -0.2) is 0 Å². The SMILES string of the molecule is CCN(Cc1[nH]cc(C)c(=O)c1C)C[C@H](O)c1cccc(O)c1. The van der Waals surface area contributed by atoms with Crippen molar-refractivity contribution in [1.29, 1.82) is 0 Å². The molecule has 1 aromatic carbocycles. The van der Waals surface area contributed by atoms with Crippen molar-refractivity contribution in [3.63, 3.8) is 0 Å². The van der Waals surface area contributed by atoms with E-state index in [2.05, 4.69) is 9.88 Å². The second-order valence-electron chi connectivity index (χ2n) is 5.84. The molecule has 1 atom stereocenters. The topological polar surface area (TPSA) is 76.6 Å². The van der Waals surface area contributed by atoms with Crippen molar-refractivity contribution in [1.82, 2.24) is 9.88 Å². The lowest BCUT2D eigenvalue weighted by atomic mass is 10.1. The monoisotopic (exact) mass is 316 g/mol. The van der Waals surface area contributed by atoms with Gasteiger partial charge in [-0.1, -0.05) is 19.1 Å². The number of aryl methyl sites for hydroxylation is 1. The molecule has 3 N–H and O–H groups in total. The van der Waals surface area contributed by atoms with Crippen LogP contribution in [0.25, 0.3) is 0 Å². The van der Waals surface area contributed by atoms with Gasteiger partial charge in [0.15, 0.2) is 5.43 Å². The number of likely N-dealkylation sites (N-methyl/N-ethyl adjacent to an activating group) is 1. The molecule has 1 heterocycles. The molecule has 124 valence electrons. The summed E-state index contributed by atoms with van der Waals surface area (Å²) in [4.78, 5) is 17.3. The molecule has 0 aliphatic heterocycles. The third-order valence-electron chi connectivity index (χ3n) is 4.13. The molecular weight excluding hydrogens is 292 g/mol. The summed E-state index contributed by atoms with van der Waals surface area (Å²) in [5.74, 6) is 0.142. The van der Waals surface area contributed by atoms with Crippen molar-refractivity contribution in [2.24, 2.45) is 0 Å². The molecule has 0 aliphatic carbocycles. The van der Waals surface area contributed by atoms with E-state index in [1.807, 2.05) is 13.8 Å². The highest BCUT2D eigenvalue weighted by Gasteiger charge is 2.15. The lowest BCUT2D eigenvalue weighted by Gasteiger charge is -2.24. The number of nitrogens with one attached hydrogen (secondary N) is 1. The molecule has 23 heavy (non-hydrogen) atoms. The number of aliphatic hydroxyl groups excluding tert-OH is 1. The van der Waals surface area contributed by atoms with E-state index in [0.717, 1.165) is 17.8 Å². The summed E-state index contributed by atoms with van der Waals surface area (Å²) in [6.07, 6.45) is 1.03. The van der Waals surface area contributed by atoms with E-state index in [1.54, 1.807) is 37.4 Å². The van der Waals surface area contributed by atoms with Crippen molar-refractivity contribution in [3.8, 4) is 5.75 Å². The number of aliphatic hydroxyl groups is 1. The van der Waals surface area contributed by atoms with Crippen molar-refractivity contribution in [3.05, 3.63) is 63.1 Å². The Bertz CT molecular complexity index is 724. The number of benzene rings is 1. The number of aromatic amines is 1. The van der Waals surface area contributed by atoms with E-state index in [4.69, 9.17) is 0 Å². The van der Waals surface area contributed by atoms with Crippen molar-refractivity contribution in [2.45, 2.75) is 33.4 Å². The molecule has 5 nitrogen and oxygen atoms in total. The molecule has 0 unspecified atom stereocenters. The van der Waals surface area contributed by atoms with Crippen LogP contribution in [0.15, 0.2) is 35.3 Å². The lowest BCUT2D eigenvalue weighted by Crippen LogP contribution is -2.30. The predicted octanol–water partition coefficient (Wildman–Crippen LogP) is 2.25. The normalized spacial score (nSPS) is 12.6. The van der Waals surface area contributed by atoms with Gasteiger partial charge in [0.05, 0.1) is 6.10 Å². The molecule has 0 bridgehead atoms. The van der Waals surface area contributed by atoms with Crippen LogP contribution < -0.4 is 5.43 Å². The van der Waals surface area contributed by atoms with Gasteiger partial charge < -0.3 is 15.2 Å². The number of pyridine rings is 1. The number of phenols is 1. The first kappa shape index (κ1) is 17.2. The highest BCUT2D eigenvalue weighted by Crippen LogP contribution is 2.19. The molecule has 5 heteroatoms. The summed E-state index contributed by atoms with van der Waals surface area (Å²) in [5.41, 5.74) is 3.02. The number of hydrogen-bond acceptors (Lipinski definition) is 4. The average molecular weight is 316 g/mol. The Labute approximate surface area is 136 Å². The highest BCUT2D eigenvalue weighted by atomic mass is 16.3. The second-order valence-corrected chi connectivity index (χ2v) is 5.84. The van der Waals surface area contributed by atoms with E-state index in [0.29, 0.717) is 24.2 Å². The number of aromatic nitrogens is 1. The smallest absolute Gasteiger partial charge is 0.187 e. The fourth-order valence-electron chi connectivity index (χ4n) is 2.58. The van der Waals surface area contributed by atoms with Crippen LogP contribution in [0.4, 0.5) is 0 Å². The number of nitrogens with zero attached hydrogens (tertiary/aromatic N) is 1. The highest BCUT2D eigenvalue weighted by molar-refractivity contribution is 5.29. The van der Waals surface area contributed by atoms with Crippen LogP contribution in [0.5, 0.6) is 5.75 Å². The number of H-pyrrole nitrogens is 1. The Hall–Kier alpha value is -2.11. The van der Waals surface area contributed by atoms with Crippen molar-refractivity contribution in [2.75, 3.05) is 13.1 Å². The molecule has 0 saturated heterocycles. The van der Waals surface area contributed by atoms with Gasteiger partial charge in [-0.2, -0.15) is 0 Å². The maximum absolute atomic E-state index is 12.0. The van der Waals surface area contributed by atoms with Gasteiger partial charge in [0.1, 0.15) is 5.75 Å². The Morgan fingerprint density at radius 2 is 2.04 bits per heavy atom. The maximum atomic E-state index is 12.0. The first-order chi connectivity index (χ1) is 10.9. The molecule has 0 fully saturated rings. The number of rotatable bonds is 6. The van der Waals surface area contributed by atoms with Gasteiger partial charge in [0, 0.05) is 36.1 Å². The number of hydrogen-bond donors (Lipinski definition) is 3. The van der Waals surface area contributed by atoms with Crippen LogP contribution in [0.2, 0.25) is 0 Å². The molecule has 0 amide bonds. The molecule has 0 aliphatic rings. The summed E-state index contributed by atoms with van der Waals surface area (Å²) in [6, 6.07) is 6.65. The van der Waals surface area contributed by atoms with Gasteiger partial charge in [0.2, 0.25) is 0 Å². The minimum Gasteiger partial charge on any atom is -0.508 e. The van der Waals surface area contributed by atoms with E-state index >= 15 is 0 Å². The molecule has 0 spiro atoms. The van der Waals surface area contributed by atoms with E-state index in [9.17, 15) is 15.0 Å².